The molecule has 2 N–H and O–H groups in total. The minimum atomic E-state index is -4.65. The summed E-state index contributed by atoms with van der Waals surface area (Å²) in [5.41, 5.74) is -0.441. The Labute approximate surface area is 196 Å². The third-order valence-electron chi connectivity index (χ3n) is 5.52. The summed E-state index contributed by atoms with van der Waals surface area (Å²) in [5.74, 6) is 0.284. The van der Waals surface area contributed by atoms with E-state index in [1.807, 2.05) is 11.8 Å². The van der Waals surface area contributed by atoms with Gasteiger partial charge in [-0.05, 0) is 43.7 Å². The van der Waals surface area contributed by atoms with Gasteiger partial charge in [-0.25, -0.2) is 9.97 Å². The largest absolute Gasteiger partial charge is 0.418 e. The summed E-state index contributed by atoms with van der Waals surface area (Å²) in [7, 11) is -4.19. The summed E-state index contributed by atoms with van der Waals surface area (Å²) in [6.45, 7) is 5.78. The Morgan fingerprint density at radius 3 is 2.53 bits per heavy atom. The lowest BCUT2D eigenvalue weighted by molar-refractivity contribution is -0.137. The molecule has 1 aromatic carbocycles. The van der Waals surface area contributed by atoms with Crippen LogP contribution in [-0.2, 0) is 16.2 Å². The zero-order valence-electron chi connectivity index (χ0n) is 18.6. The summed E-state index contributed by atoms with van der Waals surface area (Å²) in [6, 6.07) is 13.2. The van der Waals surface area contributed by atoms with Crippen molar-refractivity contribution >= 4 is 21.7 Å². The molecule has 1 aliphatic heterocycles. The number of aryl methyl sites for hydroxylation is 1. The summed E-state index contributed by atoms with van der Waals surface area (Å²) in [5, 5.41) is 3.07. The SMILES string of the molecule is Cc1ccccc1-c1nc(NS(=O)(=O)c2cccc(N3CCN[C@@H](C)C3)n2)ccc1C(F)(F)F. The quantitative estimate of drug-likeness (QED) is 0.560. The number of rotatable bonds is 5. The Bertz CT molecular complexity index is 1300. The van der Waals surface area contributed by atoms with Gasteiger partial charge in [-0.15, -0.1) is 0 Å². The second kappa shape index (κ2) is 9.22. The van der Waals surface area contributed by atoms with E-state index in [-0.39, 0.29) is 28.1 Å². The minimum Gasteiger partial charge on any atom is -0.354 e. The maximum absolute atomic E-state index is 13.7. The fourth-order valence-corrected chi connectivity index (χ4v) is 4.81. The number of hydrogen-bond donors (Lipinski definition) is 2. The molecule has 0 radical (unpaired) electrons. The number of halogens is 3. The Kier molecular flexibility index (Phi) is 6.50. The lowest BCUT2D eigenvalue weighted by Crippen LogP contribution is -2.49. The molecular formula is C23H24F3N5O2S. The first-order chi connectivity index (χ1) is 16.0. The van der Waals surface area contributed by atoms with Gasteiger partial charge in [-0.3, -0.25) is 4.72 Å². The zero-order valence-corrected chi connectivity index (χ0v) is 19.4. The van der Waals surface area contributed by atoms with Crippen molar-refractivity contribution in [2.24, 2.45) is 0 Å². The average molecular weight is 492 g/mol. The monoisotopic (exact) mass is 491 g/mol. The third-order valence-corrected chi connectivity index (χ3v) is 6.77. The van der Waals surface area contributed by atoms with E-state index >= 15 is 0 Å². The second-order valence-electron chi connectivity index (χ2n) is 8.15. The Morgan fingerprint density at radius 1 is 1.06 bits per heavy atom. The maximum atomic E-state index is 13.7. The molecule has 4 rings (SSSR count). The van der Waals surface area contributed by atoms with Gasteiger partial charge < -0.3 is 10.2 Å². The molecule has 1 aliphatic rings. The van der Waals surface area contributed by atoms with Crippen LogP contribution in [0.1, 0.15) is 18.1 Å². The molecule has 3 aromatic rings. The summed E-state index contributed by atoms with van der Waals surface area (Å²) < 4.78 is 69.3. The van der Waals surface area contributed by atoms with Crippen LogP contribution in [0, 0.1) is 6.92 Å². The van der Waals surface area contributed by atoms with Crippen LogP contribution < -0.4 is 14.9 Å². The summed E-state index contributed by atoms with van der Waals surface area (Å²) in [4.78, 5) is 10.3. The molecule has 3 heterocycles. The highest BCUT2D eigenvalue weighted by molar-refractivity contribution is 7.92. The Morgan fingerprint density at radius 2 is 1.82 bits per heavy atom. The smallest absolute Gasteiger partial charge is 0.354 e. The Balaban J connectivity index is 1.68. The predicted molar refractivity (Wildman–Crippen MR) is 124 cm³/mol. The van der Waals surface area contributed by atoms with E-state index in [0.717, 1.165) is 18.7 Å². The molecule has 180 valence electrons. The van der Waals surface area contributed by atoms with Crippen LogP contribution in [0.2, 0.25) is 0 Å². The van der Waals surface area contributed by atoms with Crippen molar-refractivity contribution < 1.29 is 21.6 Å². The molecule has 1 atom stereocenters. The van der Waals surface area contributed by atoms with E-state index < -0.39 is 21.8 Å². The van der Waals surface area contributed by atoms with Gasteiger partial charge >= 0.3 is 6.18 Å². The normalized spacial score (nSPS) is 17.0. The topological polar surface area (TPSA) is 87.2 Å². The van der Waals surface area contributed by atoms with Gasteiger partial charge in [0.25, 0.3) is 10.0 Å². The first kappa shape index (κ1) is 24.0. The van der Waals surface area contributed by atoms with E-state index in [0.29, 0.717) is 24.5 Å². The third kappa shape index (κ3) is 5.15. The number of benzene rings is 1. The number of nitrogens with one attached hydrogen (secondary N) is 2. The predicted octanol–water partition coefficient (Wildman–Crippen LogP) is 4.07. The van der Waals surface area contributed by atoms with Gasteiger partial charge in [0.05, 0.1) is 11.3 Å². The number of pyridine rings is 2. The van der Waals surface area contributed by atoms with E-state index in [1.54, 1.807) is 37.3 Å². The molecule has 7 nitrogen and oxygen atoms in total. The fourth-order valence-electron chi connectivity index (χ4n) is 3.85. The molecule has 11 heteroatoms. The van der Waals surface area contributed by atoms with Crippen molar-refractivity contribution in [3.8, 4) is 11.3 Å². The van der Waals surface area contributed by atoms with Gasteiger partial charge in [-0.1, -0.05) is 30.3 Å². The molecule has 0 spiro atoms. The van der Waals surface area contributed by atoms with Gasteiger partial charge in [-0.2, -0.15) is 21.6 Å². The van der Waals surface area contributed by atoms with Crippen LogP contribution in [0.5, 0.6) is 0 Å². The molecule has 0 amide bonds. The van der Waals surface area contributed by atoms with Crippen molar-refractivity contribution in [1.82, 2.24) is 15.3 Å². The maximum Gasteiger partial charge on any atom is 0.418 e. The zero-order chi connectivity index (χ0) is 24.5. The first-order valence-corrected chi connectivity index (χ1v) is 12.2. The molecule has 1 fully saturated rings. The average Bonchev–Trinajstić information content (AvgIpc) is 2.78. The number of nitrogens with zero attached hydrogens (tertiary/aromatic N) is 3. The van der Waals surface area contributed by atoms with Gasteiger partial charge in [0.15, 0.2) is 5.03 Å². The highest BCUT2D eigenvalue weighted by Gasteiger charge is 2.35. The van der Waals surface area contributed by atoms with Crippen LogP contribution >= 0.6 is 0 Å². The second-order valence-corrected chi connectivity index (χ2v) is 9.78. The Hall–Kier alpha value is -3.18. The summed E-state index contributed by atoms with van der Waals surface area (Å²) in [6.07, 6.45) is -4.65. The number of aromatic nitrogens is 2. The molecule has 0 aliphatic carbocycles. The van der Waals surface area contributed by atoms with Crippen LogP contribution in [-0.4, -0.2) is 44.1 Å². The van der Waals surface area contributed by atoms with Gasteiger partial charge in [0, 0.05) is 31.2 Å². The molecule has 0 unspecified atom stereocenters. The lowest BCUT2D eigenvalue weighted by Gasteiger charge is -2.32. The molecule has 2 aromatic heterocycles. The molecule has 1 saturated heterocycles. The lowest BCUT2D eigenvalue weighted by atomic mass is 10.0. The van der Waals surface area contributed by atoms with Crippen molar-refractivity contribution in [2.75, 3.05) is 29.3 Å². The van der Waals surface area contributed by atoms with Crippen LogP contribution in [0.25, 0.3) is 11.3 Å². The standard InChI is InChI=1S/C23H24F3N5O2S/c1-15-6-3-4-7-17(15)22-18(23(24,25)26)10-11-19(28-22)30-34(32,33)21-9-5-8-20(29-21)31-13-12-27-16(2)14-31/h3-11,16,27H,12-14H2,1-2H3,(H,28,30)/t16-/m0/s1. The number of piperazine rings is 1. The van der Waals surface area contributed by atoms with E-state index in [1.165, 1.54) is 12.1 Å². The van der Waals surface area contributed by atoms with E-state index in [4.69, 9.17) is 0 Å². The van der Waals surface area contributed by atoms with Crippen LogP contribution in [0.4, 0.5) is 24.8 Å². The van der Waals surface area contributed by atoms with Gasteiger partial charge in [0.2, 0.25) is 0 Å². The number of sulfonamides is 1. The van der Waals surface area contributed by atoms with Crippen molar-refractivity contribution in [3.63, 3.8) is 0 Å². The van der Waals surface area contributed by atoms with Crippen molar-refractivity contribution in [1.29, 1.82) is 0 Å². The van der Waals surface area contributed by atoms with Gasteiger partial charge in [0.1, 0.15) is 11.6 Å². The fraction of sp³-hybridized carbons (Fsp3) is 0.304. The van der Waals surface area contributed by atoms with Crippen LogP contribution in [0.3, 0.4) is 0 Å². The number of hydrogen-bond acceptors (Lipinski definition) is 6. The molecule has 0 saturated carbocycles. The number of anilines is 2. The number of alkyl halides is 3. The molecule has 0 bridgehead atoms. The van der Waals surface area contributed by atoms with Crippen molar-refractivity contribution in [3.05, 3.63) is 65.7 Å². The molecular weight excluding hydrogens is 467 g/mol. The van der Waals surface area contributed by atoms with Crippen molar-refractivity contribution in [2.45, 2.75) is 31.1 Å². The van der Waals surface area contributed by atoms with E-state index in [2.05, 4.69) is 20.0 Å². The highest BCUT2D eigenvalue weighted by atomic mass is 32.2. The first-order valence-electron chi connectivity index (χ1n) is 10.7. The highest BCUT2D eigenvalue weighted by Crippen LogP contribution is 2.38. The minimum absolute atomic E-state index is 0.227. The van der Waals surface area contributed by atoms with E-state index in [9.17, 15) is 21.6 Å². The molecule has 34 heavy (non-hydrogen) atoms. The summed E-state index contributed by atoms with van der Waals surface area (Å²) >= 11 is 0. The van der Waals surface area contributed by atoms with Crippen LogP contribution in [0.15, 0.2) is 59.6 Å².